The van der Waals surface area contributed by atoms with E-state index in [2.05, 4.69) is 26.0 Å². The number of rotatable bonds is 46. The first-order valence-corrected chi connectivity index (χ1v) is 25.9. The van der Waals surface area contributed by atoms with E-state index in [1.165, 1.54) is 180 Å². The first-order valence-electron chi connectivity index (χ1n) is 24.4. The lowest BCUT2D eigenvalue weighted by Gasteiger charge is -2.28. The average Bonchev–Trinajstić information content (AvgIpc) is 3.16. The van der Waals surface area contributed by atoms with Gasteiger partial charge in [0.05, 0.1) is 34.4 Å². The Morgan fingerprint density at radius 2 is 0.912 bits per heavy atom. The molecule has 57 heavy (non-hydrogen) atoms. The zero-order valence-corrected chi connectivity index (χ0v) is 39.5. The number of quaternary nitrogens is 1. The van der Waals surface area contributed by atoms with Crippen LogP contribution in [0.5, 0.6) is 0 Å². The quantitative estimate of drug-likeness (QED) is 0.0198. The van der Waals surface area contributed by atoms with Gasteiger partial charge in [0.25, 0.3) is 7.82 Å². The molecule has 0 aromatic rings. The Balaban J connectivity index is 4.14. The van der Waals surface area contributed by atoms with Crippen molar-refractivity contribution < 1.29 is 37.3 Å². The monoisotopic (exact) mass is 830 g/mol. The minimum atomic E-state index is -4.52. The lowest BCUT2D eigenvalue weighted by molar-refractivity contribution is -0.870. The highest BCUT2D eigenvalue weighted by Crippen LogP contribution is 2.38. The van der Waals surface area contributed by atoms with Crippen molar-refractivity contribution in [2.24, 2.45) is 0 Å². The standard InChI is InChI=1S/C48H96NO7P/c1-6-8-10-12-14-16-18-20-22-24-25-26-27-29-31-33-35-37-39-41-48(50)56-47(46-55-57(51,52)54-44-42-49(3,4)5)45-53-43-40-38-36-34-32-30-28-23-21-19-17-15-13-11-9-7-2/h21,23,47H,6-20,22,24-46H2,1-5H3/b23-21-. The highest BCUT2D eigenvalue weighted by atomic mass is 31.2. The van der Waals surface area contributed by atoms with Crippen molar-refractivity contribution in [3.63, 3.8) is 0 Å². The number of esters is 1. The molecule has 0 saturated carbocycles. The minimum absolute atomic E-state index is 0.0284. The van der Waals surface area contributed by atoms with Gasteiger partial charge in [0.1, 0.15) is 19.3 Å². The lowest BCUT2D eigenvalue weighted by atomic mass is 10.0. The van der Waals surface area contributed by atoms with Crippen molar-refractivity contribution >= 4 is 13.8 Å². The van der Waals surface area contributed by atoms with Crippen LogP contribution in [0.2, 0.25) is 0 Å². The zero-order valence-electron chi connectivity index (χ0n) is 38.6. The predicted molar refractivity (Wildman–Crippen MR) is 241 cm³/mol. The van der Waals surface area contributed by atoms with E-state index in [4.69, 9.17) is 18.5 Å². The molecule has 0 amide bonds. The second kappa shape index (κ2) is 42.0. The van der Waals surface area contributed by atoms with Crippen molar-refractivity contribution in [1.82, 2.24) is 0 Å². The number of phosphoric acid groups is 1. The predicted octanol–water partition coefficient (Wildman–Crippen LogP) is 14.0. The van der Waals surface area contributed by atoms with Gasteiger partial charge in [-0.25, -0.2) is 0 Å². The third-order valence-corrected chi connectivity index (χ3v) is 11.8. The Morgan fingerprint density at radius 3 is 1.33 bits per heavy atom. The molecule has 0 heterocycles. The normalized spacial score (nSPS) is 13.7. The van der Waals surface area contributed by atoms with Crippen LogP contribution in [-0.4, -0.2) is 70.7 Å². The maximum Gasteiger partial charge on any atom is 0.306 e. The van der Waals surface area contributed by atoms with Crippen LogP contribution in [0.1, 0.15) is 232 Å². The number of nitrogens with zero attached hydrogens (tertiary/aromatic N) is 1. The van der Waals surface area contributed by atoms with E-state index >= 15 is 0 Å². The number of hydrogen-bond donors (Lipinski definition) is 0. The number of carbonyl (C=O) groups excluding carboxylic acids is 1. The van der Waals surface area contributed by atoms with Gasteiger partial charge in [-0.3, -0.25) is 9.36 Å². The Morgan fingerprint density at radius 1 is 0.526 bits per heavy atom. The molecule has 0 aromatic heterocycles. The smallest absolute Gasteiger partial charge is 0.306 e. The molecule has 0 radical (unpaired) electrons. The number of carbonyl (C=O) groups is 1. The van der Waals surface area contributed by atoms with Crippen molar-refractivity contribution in [3.05, 3.63) is 12.2 Å². The third-order valence-electron chi connectivity index (χ3n) is 10.8. The van der Waals surface area contributed by atoms with Gasteiger partial charge in [-0.15, -0.1) is 0 Å². The summed E-state index contributed by atoms with van der Waals surface area (Å²) < 4.78 is 34.7. The maximum atomic E-state index is 12.7. The van der Waals surface area contributed by atoms with Crippen molar-refractivity contribution in [1.29, 1.82) is 0 Å². The summed E-state index contributed by atoms with van der Waals surface area (Å²) in [5, 5.41) is 0. The number of ether oxygens (including phenoxy) is 2. The molecule has 2 unspecified atom stereocenters. The molecule has 0 aliphatic rings. The Bertz CT molecular complexity index is 925. The molecule has 0 saturated heterocycles. The van der Waals surface area contributed by atoms with E-state index in [0.29, 0.717) is 24.1 Å². The van der Waals surface area contributed by atoms with E-state index in [9.17, 15) is 14.3 Å². The van der Waals surface area contributed by atoms with E-state index in [0.717, 1.165) is 32.1 Å². The van der Waals surface area contributed by atoms with Crippen LogP contribution in [-0.2, 0) is 27.9 Å². The highest BCUT2D eigenvalue weighted by Gasteiger charge is 2.20. The fourth-order valence-corrected chi connectivity index (χ4v) is 7.74. The van der Waals surface area contributed by atoms with Crippen LogP contribution in [0.25, 0.3) is 0 Å². The summed E-state index contributed by atoms with van der Waals surface area (Å²) in [6.07, 6.45) is 46.5. The van der Waals surface area contributed by atoms with Gasteiger partial charge in [-0.1, -0.05) is 199 Å². The average molecular weight is 830 g/mol. The molecule has 0 aliphatic heterocycles. The van der Waals surface area contributed by atoms with E-state index < -0.39 is 13.9 Å². The summed E-state index contributed by atoms with van der Waals surface area (Å²) in [5.74, 6) is -0.330. The summed E-state index contributed by atoms with van der Waals surface area (Å²) >= 11 is 0. The van der Waals surface area contributed by atoms with Gasteiger partial charge in [0.15, 0.2) is 0 Å². The molecule has 340 valence electrons. The van der Waals surface area contributed by atoms with Crippen LogP contribution in [0.15, 0.2) is 12.2 Å². The summed E-state index contributed by atoms with van der Waals surface area (Å²) in [7, 11) is 1.37. The molecule has 0 bridgehead atoms. The first kappa shape index (κ1) is 56.2. The Kier molecular flexibility index (Phi) is 41.4. The van der Waals surface area contributed by atoms with E-state index in [-0.39, 0.29) is 25.8 Å². The number of allylic oxidation sites excluding steroid dienone is 2. The first-order chi connectivity index (χ1) is 27.6. The number of phosphoric ester groups is 1. The number of likely N-dealkylation sites (N-methyl/N-ethyl adjacent to an activating group) is 1. The Labute approximate surface area is 354 Å². The Hall–Kier alpha value is -0.760. The minimum Gasteiger partial charge on any atom is -0.756 e. The molecule has 8 nitrogen and oxygen atoms in total. The topological polar surface area (TPSA) is 94.1 Å². The largest absolute Gasteiger partial charge is 0.756 e. The zero-order chi connectivity index (χ0) is 42.0. The fourth-order valence-electron chi connectivity index (χ4n) is 7.01. The highest BCUT2D eigenvalue weighted by molar-refractivity contribution is 7.45. The third kappa shape index (κ3) is 46.2. The van der Waals surface area contributed by atoms with Crippen LogP contribution in [0.3, 0.4) is 0 Å². The summed E-state index contributed by atoms with van der Waals surface area (Å²) in [5.41, 5.74) is 0. The molecule has 0 N–H and O–H groups in total. The molecule has 0 aromatic carbocycles. The molecular weight excluding hydrogens is 734 g/mol. The van der Waals surface area contributed by atoms with Crippen LogP contribution >= 0.6 is 7.82 Å². The van der Waals surface area contributed by atoms with Crippen molar-refractivity contribution in [3.8, 4) is 0 Å². The van der Waals surface area contributed by atoms with Gasteiger partial charge < -0.3 is 27.9 Å². The van der Waals surface area contributed by atoms with Gasteiger partial charge >= 0.3 is 5.97 Å². The fraction of sp³-hybridized carbons (Fsp3) is 0.938. The SMILES string of the molecule is CCCCCCCC/C=C\CCCCCCCCOCC(COP(=O)([O-])OCC[N+](C)(C)C)OC(=O)CCCCCCCCCCCCCCCCCCCCC. The van der Waals surface area contributed by atoms with Crippen molar-refractivity contribution in [2.45, 2.75) is 238 Å². The maximum absolute atomic E-state index is 12.7. The van der Waals surface area contributed by atoms with Gasteiger partial charge in [0.2, 0.25) is 0 Å². The number of hydrogen-bond acceptors (Lipinski definition) is 7. The second-order valence-corrected chi connectivity index (χ2v) is 19.2. The molecule has 2 atom stereocenters. The summed E-state index contributed by atoms with van der Waals surface area (Å²) in [6.45, 7) is 5.44. The van der Waals surface area contributed by atoms with Crippen LogP contribution in [0, 0.1) is 0 Å². The molecule has 9 heteroatoms. The van der Waals surface area contributed by atoms with Crippen LogP contribution in [0.4, 0.5) is 0 Å². The van der Waals surface area contributed by atoms with E-state index in [1.54, 1.807) is 0 Å². The van der Waals surface area contributed by atoms with Gasteiger partial charge in [0, 0.05) is 13.0 Å². The van der Waals surface area contributed by atoms with E-state index in [1.807, 2.05) is 21.1 Å². The molecule has 0 spiro atoms. The molecular formula is C48H96NO7P. The summed E-state index contributed by atoms with van der Waals surface area (Å²) in [4.78, 5) is 25.1. The summed E-state index contributed by atoms with van der Waals surface area (Å²) in [6, 6.07) is 0. The van der Waals surface area contributed by atoms with Crippen LogP contribution < -0.4 is 4.89 Å². The molecule has 0 fully saturated rings. The number of unbranched alkanes of at least 4 members (excludes halogenated alkanes) is 30. The van der Waals surface area contributed by atoms with Crippen molar-refractivity contribution in [2.75, 3.05) is 54.1 Å². The molecule has 0 aliphatic carbocycles. The molecule has 0 rings (SSSR count). The lowest BCUT2D eigenvalue weighted by Crippen LogP contribution is -2.37. The van der Waals surface area contributed by atoms with Gasteiger partial charge in [-0.05, 0) is 38.5 Å². The second-order valence-electron chi connectivity index (χ2n) is 17.8. The van der Waals surface area contributed by atoms with Gasteiger partial charge in [-0.2, -0.15) is 0 Å².